The van der Waals surface area contributed by atoms with Crippen molar-refractivity contribution in [2.45, 2.75) is 40.7 Å². The summed E-state index contributed by atoms with van der Waals surface area (Å²) in [6.45, 7) is 10.8. The molecule has 2 heteroatoms. The summed E-state index contributed by atoms with van der Waals surface area (Å²) in [5.74, 6) is 0.734. The van der Waals surface area contributed by atoms with E-state index in [2.05, 4.69) is 51.2 Å². The highest BCUT2D eigenvalue weighted by atomic mass is 35.5. The van der Waals surface area contributed by atoms with Gasteiger partial charge in [-0.05, 0) is 42.4 Å². The van der Waals surface area contributed by atoms with Gasteiger partial charge in [-0.25, -0.2) is 0 Å². The van der Waals surface area contributed by atoms with Gasteiger partial charge in [-0.2, -0.15) is 0 Å². The Bertz CT molecular complexity index is 358. The maximum absolute atomic E-state index is 5.79. The van der Waals surface area contributed by atoms with Crippen molar-refractivity contribution in [1.82, 2.24) is 5.32 Å². The summed E-state index contributed by atoms with van der Waals surface area (Å²) in [6, 6.07) is 6.65. The second kappa shape index (κ2) is 6.42. The van der Waals surface area contributed by atoms with Crippen LogP contribution in [-0.2, 0) is 6.54 Å². The zero-order valence-corrected chi connectivity index (χ0v) is 12.2. The van der Waals surface area contributed by atoms with E-state index in [4.69, 9.17) is 11.6 Å². The van der Waals surface area contributed by atoms with Crippen LogP contribution in [0, 0.1) is 19.3 Å². The minimum atomic E-state index is 0.279. The van der Waals surface area contributed by atoms with Crippen molar-refractivity contribution in [1.29, 1.82) is 0 Å². The van der Waals surface area contributed by atoms with Crippen molar-refractivity contribution in [2.75, 3.05) is 12.4 Å². The number of rotatable bonds is 6. The smallest absolute Gasteiger partial charge is 0.0229 e. The van der Waals surface area contributed by atoms with E-state index in [0.29, 0.717) is 0 Å². The molecule has 0 amide bonds. The van der Waals surface area contributed by atoms with Crippen molar-refractivity contribution in [3.63, 3.8) is 0 Å². The third kappa shape index (κ3) is 5.10. The summed E-state index contributed by atoms with van der Waals surface area (Å²) in [5.41, 5.74) is 4.36. The number of alkyl halides is 1. The standard InChI is InChI=1S/C15H24ClN/c1-12-5-6-14(9-13(12)2)10-17-11-15(3,4)7-8-16/h5-6,9,17H,7-8,10-11H2,1-4H3. The molecule has 0 radical (unpaired) electrons. The van der Waals surface area contributed by atoms with Crippen LogP contribution >= 0.6 is 11.6 Å². The fourth-order valence-electron chi connectivity index (χ4n) is 1.80. The first-order chi connectivity index (χ1) is 7.94. The monoisotopic (exact) mass is 253 g/mol. The molecule has 1 rings (SSSR count). The van der Waals surface area contributed by atoms with E-state index in [1.165, 1.54) is 16.7 Å². The van der Waals surface area contributed by atoms with Gasteiger partial charge >= 0.3 is 0 Å². The summed E-state index contributed by atoms with van der Waals surface area (Å²) in [6.07, 6.45) is 1.05. The molecule has 0 aliphatic rings. The number of hydrogen-bond acceptors (Lipinski definition) is 1. The van der Waals surface area contributed by atoms with Crippen LogP contribution in [0.3, 0.4) is 0 Å². The fraction of sp³-hybridized carbons (Fsp3) is 0.600. The van der Waals surface area contributed by atoms with Gasteiger partial charge in [-0.15, -0.1) is 11.6 Å². The van der Waals surface area contributed by atoms with Crippen molar-refractivity contribution in [2.24, 2.45) is 5.41 Å². The first-order valence-electron chi connectivity index (χ1n) is 6.27. The maximum Gasteiger partial charge on any atom is 0.0229 e. The fourth-order valence-corrected chi connectivity index (χ4v) is 2.31. The Balaban J connectivity index is 2.43. The molecule has 0 heterocycles. The average Bonchev–Trinajstić information content (AvgIpc) is 2.23. The van der Waals surface area contributed by atoms with Crippen LogP contribution < -0.4 is 5.32 Å². The van der Waals surface area contributed by atoms with E-state index in [9.17, 15) is 0 Å². The normalized spacial score (nSPS) is 11.8. The van der Waals surface area contributed by atoms with Gasteiger partial charge in [-0.3, -0.25) is 0 Å². The molecule has 17 heavy (non-hydrogen) atoms. The van der Waals surface area contributed by atoms with Crippen LogP contribution in [0.15, 0.2) is 18.2 Å². The maximum atomic E-state index is 5.79. The Morgan fingerprint density at radius 1 is 1.18 bits per heavy atom. The number of aryl methyl sites for hydroxylation is 2. The third-order valence-electron chi connectivity index (χ3n) is 3.28. The van der Waals surface area contributed by atoms with E-state index in [1.54, 1.807) is 0 Å². The summed E-state index contributed by atoms with van der Waals surface area (Å²) in [7, 11) is 0. The van der Waals surface area contributed by atoms with Crippen molar-refractivity contribution < 1.29 is 0 Å². The molecule has 0 aliphatic carbocycles. The summed E-state index contributed by atoms with van der Waals surface area (Å²) < 4.78 is 0. The number of halogens is 1. The Morgan fingerprint density at radius 3 is 2.47 bits per heavy atom. The zero-order chi connectivity index (χ0) is 12.9. The molecule has 0 spiro atoms. The van der Waals surface area contributed by atoms with Crippen LogP contribution in [0.4, 0.5) is 0 Å². The molecule has 1 N–H and O–H groups in total. The molecule has 0 unspecified atom stereocenters. The molecule has 0 atom stereocenters. The quantitative estimate of drug-likeness (QED) is 0.755. The van der Waals surface area contributed by atoms with Gasteiger partial charge in [0.15, 0.2) is 0 Å². The highest BCUT2D eigenvalue weighted by molar-refractivity contribution is 6.17. The highest BCUT2D eigenvalue weighted by Crippen LogP contribution is 2.19. The van der Waals surface area contributed by atoms with Crippen molar-refractivity contribution in [3.8, 4) is 0 Å². The minimum absolute atomic E-state index is 0.279. The van der Waals surface area contributed by atoms with Crippen LogP contribution in [0.1, 0.15) is 37.0 Å². The van der Waals surface area contributed by atoms with Gasteiger partial charge in [0.1, 0.15) is 0 Å². The Labute approximate surface area is 111 Å². The van der Waals surface area contributed by atoms with E-state index in [1.807, 2.05) is 0 Å². The largest absolute Gasteiger partial charge is 0.312 e. The molecule has 1 aromatic carbocycles. The van der Waals surface area contributed by atoms with Gasteiger partial charge in [-0.1, -0.05) is 32.0 Å². The lowest BCUT2D eigenvalue weighted by Gasteiger charge is -2.24. The van der Waals surface area contributed by atoms with E-state index < -0.39 is 0 Å². The predicted octanol–water partition coefficient (Wildman–Crippen LogP) is 4.05. The van der Waals surface area contributed by atoms with Crippen LogP contribution in [-0.4, -0.2) is 12.4 Å². The molecule has 1 aromatic rings. The number of nitrogens with one attached hydrogen (secondary N) is 1. The topological polar surface area (TPSA) is 12.0 Å². The highest BCUT2D eigenvalue weighted by Gasteiger charge is 2.16. The molecule has 0 aliphatic heterocycles. The third-order valence-corrected chi connectivity index (χ3v) is 3.46. The Kier molecular flexibility index (Phi) is 5.48. The lowest BCUT2D eigenvalue weighted by Crippen LogP contribution is -2.29. The average molecular weight is 254 g/mol. The zero-order valence-electron chi connectivity index (χ0n) is 11.4. The summed E-state index contributed by atoms with van der Waals surface area (Å²) >= 11 is 5.79. The second-order valence-electron chi connectivity index (χ2n) is 5.63. The Hall–Kier alpha value is -0.530. The number of hydrogen-bond donors (Lipinski definition) is 1. The Morgan fingerprint density at radius 2 is 1.88 bits per heavy atom. The van der Waals surface area contributed by atoms with E-state index >= 15 is 0 Å². The van der Waals surface area contributed by atoms with Crippen LogP contribution in [0.5, 0.6) is 0 Å². The molecule has 0 bridgehead atoms. The molecule has 0 aromatic heterocycles. The van der Waals surface area contributed by atoms with Gasteiger partial charge in [0.25, 0.3) is 0 Å². The molecule has 0 saturated carbocycles. The van der Waals surface area contributed by atoms with Gasteiger partial charge < -0.3 is 5.32 Å². The SMILES string of the molecule is Cc1ccc(CNCC(C)(C)CCCl)cc1C. The van der Waals surface area contributed by atoms with Crippen LogP contribution in [0.2, 0.25) is 0 Å². The van der Waals surface area contributed by atoms with Crippen molar-refractivity contribution in [3.05, 3.63) is 34.9 Å². The van der Waals surface area contributed by atoms with Gasteiger partial charge in [0.2, 0.25) is 0 Å². The van der Waals surface area contributed by atoms with Gasteiger partial charge in [0.05, 0.1) is 0 Å². The van der Waals surface area contributed by atoms with Crippen molar-refractivity contribution >= 4 is 11.6 Å². The summed E-state index contributed by atoms with van der Waals surface area (Å²) in [4.78, 5) is 0. The predicted molar refractivity (Wildman–Crippen MR) is 76.7 cm³/mol. The summed E-state index contributed by atoms with van der Waals surface area (Å²) in [5, 5.41) is 3.51. The first-order valence-corrected chi connectivity index (χ1v) is 6.81. The molecular formula is C15H24ClN. The van der Waals surface area contributed by atoms with Gasteiger partial charge in [0, 0.05) is 19.0 Å². The molecule has 0 fully saturated rings. The van der Waals surface area contributed by atoms with E-state index in [-0.39, 0.29) is 5.41 Å². The molecular weight excluding hydrogens is 230 g/mol. The molecule has 0 saturated heterocycles. The minimum Gasteiger partial charge on any atom is -0.312 e. The second-order valence-corrected chi connectivity index (χ2v) is 6.00. The van der Waals surface area contributed by atoms with E-state index in [0.717, 1.165) is 25.4 Å². The lowest BCUT2D eigenvalue weighted by atomic mass is 9.90. The van der Waals surface area contributed by atoms with Crippen LogP contribution in [0.25, 0.3) is 0 Å². The molecule has 1 nitrogen and oxygen atoms in total. The number of benzene rings is 1. The first kappa shape index (κ1) is 14.5. The lowest BCUT2D eigenvalue weighted by molar-refractivity contribution is 0.329. The molecule has 96 valence electrons.